The van der Waals surface area contributed by atoms with Crippen molar-refractivity contribution in [2.24, 2.45) is 5.73 Å². The Morgan fingerprint density at radius 1 is 1.37 bits per heavy atom. The Kier molecular flexibility index (Phi) is 4.41. The summed E-state index contributed by atoms with van der Waals surface area (Å²) >= 11 is 0. The van der Waals surface area contributed by atoms with Gasteiger partial charge in [0, 0.05) is 18.4 Å². The van der Waals surface area contributed by atoms with Crippen LogP contribution in [0.3, 0.4) is 0 Å². The SMILES string of the molecule is COc1cc([C@H](C)N)ccc1OCCn1cccn1. The van der Waals surface area contributed by atoms with Crippen molar-refractivity contribution >= 4 is 0 Å². The molecule has 0 fully saturated rings. The molecule has 5 nitrogen and oxygen atoms in total. The minimum absolute atomic E-state index is 0.0213. The Labute approximate surface area is 112 Å². The van der Waals surface area contributed by atoms with E-state index in [1.54, 1.807) is 13.3 Å². The fraction of sp³-hybridized carbons (Fsp3) is 0.357. The third-order valence-electron chi connectivity index (χ3n) is 2.85. The van der Waals surface area contributed by atoms with Gasteiger partial charge in [-0.25, -0.2) is 0 Å². The van der Waals surface area contributed by atoms with Gasteiger partial charge in [0.2, 0.25) is 0 Å². The van der Waals surface area contributed by atoms with Crippen molar-refractivity contribution in [3.8, 4) is 11.5 Å². The highest BCUT2D eigenvalue weighted by Crippen LogP contribution is 2.29. The summed E-state index contributed by atoms with van der Waals surface area (Å²) in [5.74, 6) is 1.43. The Bertz CT molecular complexity index is 509. The topological polar surface area (TPSA) is 62.3 Å². The summed E-state index contributed by atoms with van der Waals surface area (Å²) in [6, 6.07) is 7.62. The van der Waals surface area contributed by atoms with Gasteiger partial charge >= 0.3 is 0 Å². The number of ether oxygens (including phenoxy) is 2. The van der Waals surface area contributed by atoms with Gasteiger partial charge in [0.1, 0.15) is 6.61 Å². The lowest BCUT2D eigenvalue weighted by Crippen LogP contribution is -2.09. The smallest absolute Gasteiger partial charge is 0.161 e. The van der Waals surface area contributed by atoms with Crippen LogP contribution in [0.1, 0.15) is 18.5 Å². The minimum Gasteiger partial charge on any atom is -0.493 e. The zero-order valence-corrected chi connectivity index (χ0v) is 11.2. The summed E-state index contributed by atoms with van der Waals surface area (Å²) in [6.45, 7) is 3.17. The van der Waals surface area contributed by atoms with Gasteiger partial charge < -0.3 is 15.2 Å². The molecule has 0 spiro atoms. The maximum atomic E-state index is 5.84. The van der Waals surface area contributed by atoms with Crippen molar-refractivity contribution in [1.29, 1.82) is 0 Å². The standard InChI is InChI=1S/C14H19N3O2/c1-11(15)12-4-5-13(14(10-12)18-2)19-9-8-17-7-3-6-16-17/h3-7,10-11H,8-9,15H2,1-2H3/t11-/m0/s1. The average Bonchev–Trinajstić information content (AvgIpc) is 2.92. The summed E-state index contributed by atoms with van der Waals surface area (Å²) in [6.07, 6.45) is 3.65. The van der Waals surface area contributed by atoms with Crippen LogP contribution in [0.5, 0.6) is 11.5 Å². The van der Waals surface area contributed by atoms with Crippen molar-refractivity contribution in [2.45, 2.75) is 19.5 Å². The van der Waals surface area contributed by atoms with Crippen LogP contribution in [-0.2, 0) is 6.54 Å². The fourth-order valence-electron chi connectivity index (χ4n) is 1.77. The van der Waals surface area contributed by atoms with Gasteiger partial charge in [0.25, 0.3) is 0 Å². The number of hydrogen-bond acceptors (Lipinski definition) is 4. The van der Waals surface area contributed by atoms with E-state index in [9.17, 15) is 0 Å². The highest BCUT2D eigenvalue weighted by atomic mass is 16.5. The molecule has 0 aliphatic carbocycles. The first-order valence-corrected chi connectivity index (χ1v) is 6.24. The van der Waals surface area contributed by atoms with E-state index >= 15 is 0 Å². The Morgan fingerprint density at radius 2 is 2.21 bits per heavy atom. The van der Waals surface area contributed by atoms with E-state index in [1.165, 1.54) is 0 Å². The number of benzene rings is 1. The summed E-state index contributed by atoms with van der Waals surface area (Å²) in [5.41, 5.74) is 6.87. The van der Waals surface area contributed by atoms with Crippen LogP contribution in [0.2, 0.25) is 0 Å². The van der Waals surface area contributed by atoms with Crippen molar-refractivity contribution in [3.63, 3.8) is 0 Å². The molecule has 1 atom stereocenters. The van der Waals surface area contributed by atoms with Gasteiger partial charge in [-0.2, -0.15) is 5.10 Å². The molecule has 2 N–H and O–H groups in total. The molecule has 0 aliphatic rings. The molecule has 0 bridgehead atoms. The van der Waals surface area contributed by atoms with Crippen LogP contribution in [-0.4, -0.2) is 23.5 Å². The number of nitrogens with two attached hydrogens (primary N) is 1. The van der Waals surface area contributed by atoms with Crippen molar-refractivity contribution in [3.05, 3.63) is 42.2 Å². The molecule has 0 saturated carbocycles. The van der Waals surface area contributed by atoms with E-state index < -0.39 is 0 Å². The molecular formula is C14H19N3O2. The zero-order chi connectivity index (χ0) is 13.7. The lowest BCUT2D eigenvalue weighted by Gasteiger charge is -2.13. The molecule has 2 aromatic rings. The predicted octanol–water partition coefficient (Wildman–Crippen LogP) is 1.99. The van der Waals surface area contributed by atoms with E-state index in [0.29, 0.717) is 18.9 Å². The van der Waals surface area contributed by atoms with Crippen LogP contribution in [0.25, 0.3) is 0 Å². The number of methoxy groups -OCH3 is 1. The number of nitrogens with zero attached hydrogens (tertiary/aromatic N) is 2. The van der Waals surface area contributed by atoms with Crippen LogP contribution in [0.15, 0.2) is 36.7 Å². The number of rotatable bonds is 6. The third kappa shape index (κ3) is 3.48. The second kappa shape index (κ2) is 6.24. The Balaban J connectivity index is 1.99. The van der Waals surface area contributed by atoms with Crippen molar-refractivity contribution in [1.82, 2.24) is 9.78 Å². The third-order valence-corrected chi connectivity index (χ3v) is 2.85. The van der Waals surface area contributed by atoms with E-state index in [0.717, 1.165) is 11.3 Å². The molecule has 1 aromatic carbocycles. The van der Waals surface area contributed by atoms with Crippen molar-refractivity contribution in [2.75, 3.05) is 13.7 Å². The second-order valence-corrected chi connectivity index (χ2v) is 4.32. The first-order chi connectivity index (χ1) is 9.20. The monoisotopic (exact) mass is 261 g/mol. The van der Waals surface area contributed by atoms with Crippen LogP contribution < -0.4 is 15.2 Å². The molecule has 0 saturated heterocycles. The van der Waals surface area contributed by atoms with Crippen LogP contribution >= 0.6 is 0 Å². The predicted molar refractivity (Wildman–Crippen MR) is 73.3 cm³/mol. The van der Waals surface area contributed by atoms with Crippen molar-refractivity contribution < 1.29 is 9.47 Å². The summed E-state index contributed by atoms with van der Waals surface area (Å²) in [5, 5.41) is 4.12. The van der Waals surface area contributed by atoms with E-state index in [2.05, 4.69) is 5.10 Å². The van der Waals surface area contributed by atoms with E-state index in [1.807, 2.05) is 42.1 Å². The van der Waals surface area contributed by atoms with Gasteiger partial charge in [-0.05, 0) is 30.7 Å². The quantitative estimate of drug-likeness (QED) is 0.863. The molecule has 1 aromatic heterocycles. The number of hydrogen-bond donors (Lipinski definition) is 1. The zero-order valence-electron chi connectivity index (χ0n) is 11.2. The lowest BCUT2D eigenvalue weighted by molar-refractivity contribution is 0.274. The van der Waals surface area contributed by atoms with Gasteiger partial charge in [0.15, 0.2) is 11.5 Å². The molecule has 1 heterocycles. The largest absolute Gasteiger partial charge is 0.493 e. The van der Waals surface area contributed by atoms with Crippen LogP contribution in [0, 0.1) is 0 Å². The summed E-state index contributed by atoms with van der Waals surface area (Å²) in [4.78, 5) is 0. The normalized spacial score (nSPS) is 12.2. The minimum atomic E-state index is -0.0213. The first kappa shape index (κ1) is 13.4. The van der Waals surface area contributed by atoms with E-state index in [-0.39, 0.29) is 6.04 Å². The van der Waals surface area contributed by atoms with Crippen LogP contribution in [0.4, 0.5) is 0 Å². The average molecular weight is 261 g/mol. The fourth-order valence-corrected chi connectivity index (χ4v) is 1.77. The Hall–Kier alpha value is -2.01. The molecule has 102 valence electrons. The number of aromatic nitrogens is 2. The maximum Gasteiger partial charge on any atom is 0.161 e. The molecule has 0 aliphatic heterocycles. The molecule has 5 heteroatoms. The molecule has 0 unspecified atom stereocenters. The van der Waals surface area contributed by atoms with Gasteiger partial charge in [-0.1, -0.05) is 6.07 Å². The lowest BCUT2D eigenvalue weighted by atomic mass is 10.1. The highest BCUT2D eigenvalue weighted by Gasteiger charge is 2.08. The maximum absolute atomic E-state index is 5.84. The highest BCUT2D eigenvalue weighted by molar-refractivity contribution is 5.43. The first-order valence-electron chi connectivity index (χ1n) is 6.24. The van der Waals surface area contributed by atoms with Gasteiger partial charge in [-0.3, -0.25) is 4.68 Å². The van der Waals surface area contributed by atoms with Gasteiger partial charge in [0.05, 0.1) is 13.7 Å². The molecule has 0 amide bonds. The molecule has 19 heavy (non-hydrogen) atoms. The molecule has 2 rings (SSSR count). The summed E-state index contributed by atoms with van der Waals surface area (Å²) < 4.78 is 12.9. The Morgan fingerprint density at radius 3 is 2.84 bits per heavy atom. The second-order valence-electron chi connectivity index (χ2n) is 4.32. The van der Waals surface area contributed by atoms with Gasteiger partial charge in [-0.15, -0.1) is 0 Å². The summed E-state index contributed by atoms with van der Waals surface area (Å²) in [7, 11) is 1.63. The van der Waals surface area contributed by atoms with E-state index in [4.69, 9.17) is 15.2 Å². The molecular weight excluding hydrogens is 242 g/mol. The molecule has 0 radical (unpaired) electrons.